The first kappa shape index (κ1) is 11.0. The zero-order valence-electron chi connectivity index (χ0n) is 9.44. The summed E-state index contributed by atoms with van der Waals surface area (Å²) in [5.41, 5.74) is 13.2. The van der Waals surface area contributed by atoms with Crippen LogP contribution in [0.3, 0.4) is 0 Å². The smallest absolute Gasteiger partial charge is 0.318 e. The normalized spacial score (nSPS) is 17.6. The highest BCUT2D eigenvalue weighted by Crippen LogP contribution is 2.38. The molecule has 4 N–H and O–H groups in total. The van der Waals surface area contributed by atoms with Crippen molar-refractivity contribution in [1.82, 2.24) is 0 Å². The second-order valence-corrected chi connectivity index (χ2v) is 4.45. The molecule has 1 aromatic carbocycles. The maximum atomic E-state index is 11.0. The molecule has 4 nitrogen and oxygen atoms in total. The van der Waals surface area contributed by atoms with E-state index in [1.54, 1.807) is 7.05 Å². The SMILES string of the molecule is CN(C(N)=O)c1ccc(C2(N)CCC2)cc1. The number of benzene rings is 1. The molecule has 1 aliphatic carbocycles. The fourth-order valence-corrected chi connectivity index (χ4v) is 1.99. The van der Waals surface area contributed by atoms with Crippen LogP contribution >= 0.6 is 0 Å². The molecule has 2 rings (SSSR count). The van der Waals surface area contributed by atoms with Crippen molar-refractivity contribution in [3.05, 3.63) is 29.8 Å². The zero-order chi connectivity index (χ0) is 11.8. The Balaban J connectivity index is 2.19. The fraction of sp³-hybridized carbons (Fsp3) is 0.417. The van der Waals surface area contributed by atoms with Crippen LogP contribution in [0.2, 0.25) is 0 Å². The van der Waals surface area contributed by atoms with E-state index in [1.165, 1.54) is 11.3 Å². The van der Waals surface area contributed by atoms with Gasteiger partial charge in [-0.2, -0.15) is 0 Å². The number of urea groups is 1. The van der Waals surface area contributed by atoms with Crippen LogP contribution in [-0.4, -0.2) is 13.1 Å². The molecule has 1 saturated carbocycles. The monoisotopic (exact) mass is 219 g/mol. The molecule has 0 aromatic heterocycles. The summed E-state index contributed by atoms with van der Waals surface area (Å²) >= 11 is 0. The summed E-state index contributed by atoms with van der Waals surface area (Å²) in [4.78, 5) is 12.4. The van der Waals surface area contributed by atoms with E-state index in [2.05, 4.69) is 0 Å². The molecule has 1 aliphatic rings. The average Bonchev–Trinajstić information content (AvgIpc) is 2.25. The van der Waals surface area contributed by atoms with E-state index in [0.29, 0.717) is 0 Å². The predicted octanol–water partition coefficient (Wildman–Crippen LogP) is 1.54. The number of amides is 2. The summed E-state index contributed by atoms with van der Waals surface area (Å²) in [6, 6.07) is 7.26. The molecule has 0 bridgehead atoms. The molecule has 0 atom stereocenters. The van der Waals surface area contributed by atoms with Crippen LogP contribution < -0.4 is 16.4 Å². The van der Waals surface area contributed by atoms with Crippen molar-refractivity contribution in [1.29, 1.82) is 0 Å². The van der Waals surface area contributed by atoms with E-state index >= 15 is 0 Å². The predicted molar refractivity (Wildman–Crippen MR) is 64.1 cm³/mol. The molecule has 0 unspecified atom stereocenters. The number of anilines is 1. The third kappa shape index (κ3) is 1.76. The Labute approximate surface area is 95.2 Å². The average molecular weight is 219 g/mol. The lowest BCUT2D eigenvalue weighted by Gasteiger charge is -2.38. The van der Waals surface area contributed by atoms with Crippen LogP contribution in [0.25, 0.3) is 0 Å². The molecule has 4 heteroatoms. The lowest BCUT2D eigenvalue weighted by Crippen LogP contribution is -2.43. The summed E-state index contributed by atoms with van der Waals surface area (Å²) in [7, 11) is 1.65. The maximum Gasteiger partial charge on any atom is 0.318 e. The van der Waals surface area contributed by atoms with Crippen molar-refractivity contribution in [2.24, 2.45) is 11.5 Å². The molecule has 86 valence electrons. The van der Waals surface area contributed by atoms with Crippen LogP contribution in [0.4, 0.5) is 10.5 Å². The van der Waals surface area contributed by atoms with E-state index in [9.17, 15) is 4.79 Å². The van der Waals surface area contributed by atoms with Gasteiger partial charge in [0.1, 0.15) is 0 Å². The summed E-state index contributed by atoms with van der Waals surface area (Å²) in [6.45, 7) is 0. The summed E-state index contributed by atoms with van der Waals surface area (Å²) in [6.07, 6.45) is 3.27. The Bertz CT molecular complexity index is 395. The van der Waals surface area contributed by atoms with E-state index < -0.39 is 6.03 Å². The van der Waals surface area contributed by atoms with Crippen LogP contribution in [0.15, 0.2) is 24.3 Å². The number of carbonyl (C=O) groups excluding carboxylic acids is 1. The Morgan fingerprint density at radius 2 is 1.88 bits per heavy atom. The maximum absolute atomic E-state index is 11.0. The van der Waals surface area contributed by atoms with Crippen LogP contribution in [0, 0.1) is 0 Å². The molecule has 0 spiro atoms. The molecular formula is C12H17N3O. The largest absolute Gasteiger partial charge is 0.351 e. The third-order valence-corrected chi connectivity index (χ3v) is 3.41. The quantitative estimate of drug-likeness (QED) is 0.791. The molecule has 0 radical (unpaired) electrons. The fourth-order valence-electron chi connectivity index (χ4n) is 1.99. The zero-order valence-corrected chi connectivity index (χ0v) is 9.44. The Morgan fingerprint density at radius 3 is 2.25 bits per heavy atom. The van der Waals surface area contributed by atoms with Crippen LogP contribution in [-0.2, 0) is 5.54 Å². The lowest BCUT2D eigenvalue weighted by molar-refractivity contribution is 0.253. The topological polar surface area (TPSA) is 72.3 Å². The minimum Gasteiger partial charge on any atom is -0.351 e. The summed E-state index contributed by atoms with van der Waals surface area (Å²) in [5.74, 6) is 0. The molecule has 0 heterocycles. The van der Waals surface area contributed by atoms with Crippen molar-refractivity contribution in [2.75, 3.05) is 11.9 Å². The minimum absolute atomic E-state index is 0.149. The summed E-state index contributed by atoms with van der Waals surface area (Å²) in [5, 5.41) is 0. The van der Waals surface area contributed by atoms with E-state index in [0.717, 1.165) is 24.1 Å². The van der Waals surface area contributed by atoms with Gasteiger partial charge in [0, 0.05) is 18.3 Å². The molecule has 0 saturated heterocycles. The highest BCUT2D eigenvalue weighted by atomic mass is 16.2. The van der Waals surface area contributed by atoms with Crippen molar-refractivity contribution in [2.45, 2.75) is 24.8 Å². The van der Waals surface area contributed by atoms with Gasteiger partial charge in [-0.1, -0.05) is 12.1 Å². The van der Waals surface area contributed by atoms with Crippen LogP contribution in [0.5, 0.6) is 0 Å². The number of hydrogen-bond donors (Lipinski definition) is 2. The van der Waals surface area contributed by atoms with Gasteiger partial charge in [-0.15, -0.1) is 0 Å². The van der Waals surface area contributed by atoms with Gasteiger partial charge in [-0.25, -0.2) is 4.79 Å². The van der Waals surface area contributed by atoms with Gasteiger partial charge in [0.25, 0.3) is 0 Å². The van der Waals surface area contributed by atoms with Gasteiger partial charge in [0.2, 0.25) is 0 Å². The standard InChI is InChI=1S/C12H17N3O/c1-15(11(13)16)10-5-3-9(4-6-10)12(14)7-2-8-12/h3-6H,2,7-8,14H2,1H3,(H2,13,16). The molecule has 2 amide bonds. The highest BCUT2D eigenvalue weighted by molar-refractivity contribution is 5.89. The van der Waals surface area contributed by atoms with Gasteiger partial charge in [0.15, 0.2) is 0 Å². The van der Waals surface area contributed by atoms with E-state index in [-0.39, 0.29) is 5.54 Å². The number of primary amides is 1. The lowest BCUT2D eigenvalue weighted by atomic mass is 9.73. The van der Waals surface area contributed by atoms with Gasteiger partial charge in [-0.3, -0.25) is 4.90 Å². The summed E-state index contributed by atoms with van der Waals surface area (Å²) < 4.78 is 0. The number of nitrogens with zero attached hydrogens (tertiary/aromatic N) is 1. The van der Waals surface area contributed by atoms with Gasteiger partial charge >= 0.3 is 6.03 Å². The Kier molecular flexibility index (Phi) is 2.59. The van der Waals surface area contributed by atoms with Gasteiger partial charge in [-0.05, 0) is 37.0 Å². The first-order chi connectivity index (χ1) is 7.53. The van der Waals surface area contributed by atoms with E-state index in [4.69, 9.17) is 11.5 Å². The Morgan fingerprint density at radius 1 is 1.31 bits per heavy atom. The third-order valence-electron chi connectivity index (χ3n) is 3.41. The van der Waals surface area contributed by atoms with E-state index in [1.807, 2.05) is 24.3 Å². The number of carbonyl (C=O) groups is 1. The first-order valence-electron chi connectivity index (χ1n) is 5.45. The Hall–Kier alpha value is -1.55. The van der Waals surface area contributed by atoms with Crippen molar-refractivity contribution in [3.8, 4) is 0 Å². The first-order valence-corrected chi connectivity index (χ1v) is 5.45. The van der Waals surface area contributed by atoms with Gasteiger partial charge in [0.05, 0.1) is 0 Å². The van der Waals surface area contributed by atoms with Crippen molar-refractivity contribution in [3.63, 3.8) is 0 Å². The van der Waals surface area contributed by atoms with Crippen molar-refractivity contribution >= 4 is 11.7 Å². The number of hydrogen-bond acceptors (Lipinski definition) is 2. The molecule has 1 fully saturated rings. The molecule has 0 aliphatic heterocycles. The second-order valence-electron chi connectivity index (χ2n) is 4.45. The number of nitrogens with two attached hydrogens (primary N) is 2. The van der Waals surface area contributed by atoms with Crippen LogP contribution in [0.1, 0.15) is 24.8 Å². The number of rotatable bonds is 2. The molecule has 1 aromatic rings. The molecular weight excluding hydrogens is 202 g/mol. The second kappa shape index (κ2) is 3.79. The highest BCUT2D eigenvalue weighted by Gasteiger charge is 2.34. The molecule has 16 heavy (non-hydrogen) atoms. The van der Waals surface area contributed by atoms with Gasteiger partial charge < -0.3 is 11.5 Å². The minimum atomic E-state index is -0.459. The van der Waals surface area contributed by atoms with Crippen molar-refractivity contribution < 1.29 is 4.79 Å².